The predicted octanol–water partition coefficient (Wildman–Crippen LogP) is 2.72. The van der Waals surface area contributed by atoms with E-state index >= 15 is 0 Å². The van der Waals surface area contributed by atoms with Crippen LogP contribution in [0.3, 0.4) is 0 Å². The Kier molecular flexibility index (Phi) is 2.67. The zero-order valence-electron chi connectivity index (χ0n) is 11.2. The molecular formula is C14H15N5. The fourth-order valence-corrected chi connectivity index (χ4v) is 2.23. The second-order valence-electron chi connectivity index (χ2n) is 4.62. The number of hydrogen-bond acceptors (Lipinski definition) is 4. The molecule has 0 amide bonds. The van der Waals surface area contributed by atoms with Gasteiger partial charge in [0, 0.05) is 12.7 Å². The van der Waals surface area contributed by atoms with Crippen LogP contribution in [0.2, 0.25) is 0 Å². The van der Waals surface area contributed by atoms with E-state index < -0.39 is 0 Å². The third-order valence-electron chi connectivity index (χ3n) is 3.08. The molecule has 0 unspecified atom stereocenters. The molecule has 0 radical (unpaired) electrons. The van der Waals surface area contributed by atoms with Crippen LogP contribution in [0.25, 0.3) is 11.0 Å². The Morgan fingerprint density at radius 2 is 2.00 bits per heavy atom. The van der Waals surface area contributed by atoms with Crippen molar-refractivity contribution in [3.05, 3.63) is 41.9 Å². The summed E-state index contributed by atoms with van der Waals surface area (Å²) in [6, 6.07) is 8.19. The molecule has 5 heteroatoms. The van der Waals surface area contributed by atoms with E-state index in [1.807, 2.05) is 26.1 Å². The Morgan fingerprint density at radius 1 is 1.16 bits per heavy atom. The highest BCUT2D eigenvalue weighted by Gasteiger charge is 2.12. The maximum absolute atomic E-state index is 4.38. The molecular weight excluding hydrogens is 238 g/mol. The van der Waals surface area contributed by atoms with Gasteiger partial charge in [-0.05, 0) is 31.5 Å². The maximum Gasteiger partial charge on any atom is 0.163 e. The van der Waals surface area contributed by atoms with E-state index in [0.29, 0.717) is 0 Å². The first-order chi connectivity index (χ1) is 9.15. The van der Waals surface area contributed by atoms with Gasteiger partial charge >= 0.3 is 0 Å². The van der Waals surface area contributed by atoms with Gasteiger partial charge in [-0.15, -0.1) is 0 Å². The van der Waals surface area contributed by atoms with E-state index in [4.69, 9.17) is 0 Å². The highest BCUT2D eigenvalue weighted by atomic mass is 15.3. The van der Waals surface area contributed by atoms with Crippen molar-refractivity contribution in [2.45, 2.75) is 13.8 Å². The number of aromatic nitrogens is 4. The normalized spacial score (nSPS) is 10.9. The van der Waals surface area contributed by atoms with Gasteiger partial charge < -0.3 is 5.32 Å². The average molecular weight is 253 g/mol. The highest BCUT2D eigenvalue weighted by molar-refractivity contribution is 5.90. The van der Waals surface area contributed by atoms with E-state index in [9.17, 15) is 0 Å². The van der Waals surface area contributed by atoms with Crippen LogP contribution in [-0.4, -0.2) is 19.7 Å². The molecule has 0 fully saturated rings. The minimum atomic E-state index is 0.793. The van der Waals surface area contributed by atoms with Crippen molar-refractivity contribution in [1.29, 1.82) is 0 Å². The summed E-state index contributed by atoms with van der Waals surface area (Å²) in [6.07, 6.45) is 1.56. The van der Waals surface area contributed by atoms with Gasteiger partial charge in [-0.2, -0.15) is 5.10 Å². The summed E-state index contributed by atoms with van der Waals surface area (Å²) < 4.78 is 1.77. The first-order valence-corrected chi connectivity index (χ1v) is 6.13. The molecule has 3 aromatic rings. The van der Waals surface area contributed by atoms with Crippen LogP contribution in [0.1, 0.15) is 11.3 Å². The maximum atomic E-state index is 4.38. The Hall–Kier alpha value is -2.43. The topological polar surface area (TPSA) is 55.6 Å². The lowest BCUT2D eigenvalue weighted by Crippen LogP contribution is -1.97. The summed E-state index contributed by atoms with van der Waals surface area (Å²) in [4.78, 5) is 8.60. The fraction of sp³-hybridized carbons (Fsp3) is 0.214. The Balaban J connectivity index is 2.11. The summed E-state index contributed by atoms with van der Waals surface area (Å²) in [6.45, 7) is 4.03. The standard InChI is InChI=1S/C14H15N5/c1-9-5-4-6-11(7-9)17-13-12-10(2)18-19(3)14(12)16-8-15-13/h4-8H,1-3H3,(H,15,16,17). The van der Waals surface area contributed by atoms with Crippen molar-refractivity contribution < 1.29 is 0 Å². The zero-order valence-corrected chi connectivity index (χ0v) is 11.2. The van der Waals surface area contributed by atoms with Crippen LogP contribution >= 0.6 is 0 Å². The smallest absolute Gasteiger partial charge is 0.163 e. The number of anilines is 2. The van der Waals surface area contributed by atoms with Crippen molar-refractivity contribution in [3.8, 4) is 0 Å². The average Bonchev–Trinajstić information content (AvgIpc) is 2.66. The molecule has 1 N–H and O–H groups in total. The largest absolute Gasteiger partial charge is 0.340 e. The molecule has 0 saturated heterocycles. The van der Waals surface area contributed by atoms with Crippen LogP contribution in [0.5, 0.6) is 0 Å². The van der Waals surface area contributed by atoms with Crippen molar-refractivity contribution in [1.82, 2.24) is 19.7 Å². The SMILES string of the molecule is Cc1cccc(Nc2ncnc3c2c(C)nn3C)c1. The molecule has 0 aliphatic heterocycles. The Bertz CT molecular complexity index is 745. The summed E-state index contributed by atoms with van der Waals surface area (Å²) in [5.41, 5.74) is 3.98. The van der Waals surface area contributed by atoms with Gasteiger partial charge in [0.05, 0.1) is 11.1 Å². The van der Waals surface area contributed by atoms with Crippen LogP contribution in [0, 0.1) is 13.8 Å². The van der Waals surface area contributed by atoms with Crippen molar-refractivity contribution in [2.24, 2.45) is 7.05 Å². The molecule has 1 aromatic carbocycles. The van der Waals surface area contributed by atoms with Crippen LogP contribution in [0.15, 0.2) is 30.6 Å². The van der Waals surface area contributed by atoms with Crippen molar-refractivity contribution >= 4 is 22.5 Å². The molecule has 3 rings (SSSR count). The van der Waals surface area contributed by atoms with Gasteiger partial charge in [0.25, 0.3) is 0 Å². The molecule has 0 saturated carbocycles. The van der Waals surface area contributed by atoms with Crippen molar-refractivity contribution in [2.75, 3.05) is 5.32 Å². The number of nitrogens with zero attached hydrogens (tertiary/aromatic N) is 4. The molecule has 0 aliphatic carbocycles. The summed E-state index contributed by atoms with van der Waals surface area (Å²) in [5.74, 6) is 0.793. The van der Waals surface area contributed by atoms with E-state index in [-0.39, 0.29) is 0 Å². The molecule has 96 valence electrons. The summed E-state index contributed by atoms with van der Waals surface area (Å²) in [5, 5.41) is 8.69. The molecule has 19 heavy (non-hydrogen) atoms. The summed E-state index contributed by atoms with van der Waals surface area (Å²) >= 11 is 0. The van der Waals surface area contributed by atoms with Crippen LogP contribution < -0.4 is 5.32 Å². The molecule has 0 spiro atoms. The zero-order chi connectivity index (χ0) is 13.4. The first kappa shape index (κ1) is 11.6. The quantitative estimate of drug-likeness (QED) is 0.763. The number of aryl methyl sites for hydroxylation is 3. The number of rotatable bonds is 2. The van der Waals surface area contributed by atoms with Gasteiger partial charge in [0.2, 0.25) is 0 Å². The minimum absolute atomic E-state index is 0.793. The third-order valence-corrected chi connectivity index (χ3v) is 3.08. The number of fused-ring (bicyclic) bond motifs is 1. The summed E-state index contributed by atoms with van der Waals surface area (Å²) in [7, 11) is 1.89. The van der Waals surface area contributed by atoms with Gasteiger partial charge in [-0.1, -0.05) is 12.1 Å². The van der Waals surface area contributed by atoms with Gasteiger partial charge in [0.1, 0.15) is 12.1 Å². The molecule has 2 aromatic heterocycles. The second-order valence-corrected chi connectivity index (χ2v) is 4.62. The highest BCUT2D eigenvalue weighted by Crippen LogP contribution is 2.25. The molecule has 0 atom stereocenters. The number of hydrogen-bond donors (Lipinski definition) is 1. The predicted molar refractivity (Wildman–Crippen MR) is 75.5 cm³/mol. The third kappa shape index (κ3) is 2.03. The molecule has 2 heterocycles. The monoisotopic (exact) mass is 253 g/mol. The van der Waals surface area contributed by atoms with E-state index in [0.717, 1.165) is 28.2 Å². The number of benzene rings is 1. The Labute approximate surface area is 111 Å². The lowest BCUT2D eigenvalue weighted by molar-refractivity contribution is 0.773. The minimum Gasteiger partial charge on any atom is -0.340 e. The Morgan fingerprint density at radius 3 is 2.79 bits per heavy atom. The van der Waals surface area contributed by atoms with Crippen LogP contribution in [-0.2, 0) is 7.05 Å². The lowest BCUT2D eigenvalue weighted by Gasteiger charge is -2.07. The van der Waals surface area contributed by atoms with Gasteiger partial charge in [-0.3, -0.25) is 4.68 Å². The van der Waals surface area contributed by atoms with E-state index in [1.165, 1.54) is 5.56 Å². The molecule has 0 bridgehead atoms. The van der Waals surface area contributed by atoms with Gasteiger partial charge in [-0.25, -0.2) is 9.97 Å². The second kappa shape index (κ2) is 4.35. The van der Waals surface area contributed by atoms with Crippen LogP contribution in [0.4, 0.5) is 11.5 Å². The first-order valence-electron chi connectivity index (χ1n) is 6.13. The van der Waals surface area contributed by atoms with Crippen molar-refractivity contribution in [3.63, 3.8) is 0 Å². The van der Waals surface area contributed by atoms with E-state index in [1.54, 1.807) is 11.0 Å². The van der Waals surface area contributed by atoms with E-state index in [2.05, 4.69) is 39.4 Å². The lowest BCUT2D eigenvalue weighted by atomic mass is 10.2. The molecule has 0 aliphatic rings. The van der Waals surface area contributed by atoms with Gasteiger partial charge in [0.15, 0.2) is 5.65 Å². The number of nitrogens with one attached hydrogen (secondary N) is 1. The fourth-order valence-electron chi connectivity index (χ4n) is 2.23. The molecule has 5 nitrogen and oxygen atoms in total.